The van der Waals surface area contributed by atoms with E-state index in [2.05, 4.69) is 15.0 Å². The Morgan fingerprint density at radius 2 is 2.16 bits per heavy atom. The minimum atomic E-state index is -1.00. The molecular formula is C18H18N4O3. The standard InChI is InChI=1S/C18H18N4O3/c1-10-12(11-4-2-3-5-13(11)21-10)6-17(23)22-8-15-14(19-9-20-15)7-16(22)18(24)25/h2-5,9,16,21H,6-8H2,1H3,(H,19,20)(H,24,25)/t16-/m1/s1. The molecular weight excluding hydrogens is 320 g/mol. The number of hydrogen-bond acceptors (Lipinski definition) is 3. The van der Waals surface area contributed by atoms with E-state index in [0.29, 0.717) is 0 Å². The summed E-state index contributed by atoms with van der Waals surface area (Å²) in [5.41, 5.74) is 4.36. The molecule has 3 aromatic rings. The Morgan fingerprint density at radius 3 is 2.96 bits per heavy atom. The molecule has 0 spiro atoms. The summed E-state index contributed by atoms with van der Waals surface area (Å²) < 4.78 is 0. The van der Waals surface area contributed by atoms with Gasteiger partial charge in [0.05, 0.1) is 30.7 Å². The molecule has 0 aliphatic carbocycles. The monoisotopic (exact) mass is 338 g/mol. The number of fused-ring (bicyclic) bond motifs is 2. The number of aryl methyl sites for hydroxylation is 1. The molecule has 0 bridgehead atoms. The SMILES string of the molecule is Cc1[nH]c2ccccc2c1CC(=O)N1Cc2[nH]cnc2C[C@@H]1C(=O)O. The first-order chi connectivity index (χ1) is 12.0. The van der Waals surface area contributed by atoms with E-state index in [9.17, 15) is 14.7 Å². The number of carbonyl (C=O) groups excluding carboxylic acids is 1. The maximum Gasteiger partial charge on any atom is 0.326 e. The van der Waals surface area contributed by atoms with Gasteiger partial charge in [-0.2, -0.15) is 0 Å². The van der Waals surface area contributed by atoms with Gasteiger partial charge in [-0.3, -0.25) is 4.79 Å². The second kappa shape index (κ2) is 5.77. The Balaban J connectivity index is 1.65. The highest BCUT2D eigenvalue weighted by Gasteiger charge is 2.36. The number of carboxylic acids is 1. The van der Waals surface area contributed by atoms with Crippen molar-refractivity contribution in [2.45, 2.75) is 32.4 Å². The maximum absolute atomic E-state index is 12.9. The molecule has 0 fully saturated rings. The molecule has 3 heterocycles. The number of aromatic nitrogens is 3. The predicted octanol–water partition coefficient (Wildman–Crippen LogP) is 1.78. The van der Waals surface area contributed by atoms with Crippen LogP contribution in [0.25, 0.3) is 10.9 Å². The molecule has 2 aromatic heterocycles. The first-order valence-corrected chi connectivity index (χ1v) is 8.14. The van der Waals surface area contributed by atoms with Gasteiger partial charge in [-0.15, -0.1) is 0 Å². The number of aromatic amines is 2. The van der Waals surface area contributed by atoms with Crippen molar-refractivity contribution < 1.29 is 14.7 Å². The van der Waals surface area contributed by atoms with Crippen LogP contribution in [0.2, 0.25) is 0 Å². The molecule has 3 N–H and O–H groups in total. The Kier molecular flexibility index (Phi) is 3.56. The summed E-state index contributed by atoms with van der Waals surface area (Å²) in [6.45, 7) is 2.17. The van der Waals surface area contributed by atoms with Crippen LogP contribution in [0.15, 0.2) is 30.6 Å². The normalized spacial score (nSPS) is 16.8. The van der Waals surface area contributed by atoms with E-state index >= 15 is 0 Å². The second-order valence-corrected chi connectivity index (χ2v) is 6.36. The van der Waals surface area contributed by atoms with E-state index in [0.717, 1.165) is 33.5 Å². The van der Waals surface area contributed by atoms with E-state index in [1.165, 1.54) is 4.90 Å². The first kappa shape index (κ1) is 15.4. The van der Waals surface area contributed by atoms with Crippen LogP contribution < -0.4 is 0 Å². The van der Waals surface area contributed by atoms with Crippen LogP contribution in [-0.4, -0.2) is 42.9 Å². The zero-order chi connectivity index (χ0) is 17.6. The molecule has 1 amide bonds. The summed E-state index contributed by atoms with van der Waals surface area (Å²) in [5, 5.41) is 10.5. The van der Waals surface area contributed by atoms with Gasteiger partial charge in [0.2, 0.25) is 5.91 Å². The Bertz CT molecular complexity index is 972. The number of aliphatic carboxylic acids is 1. The van der Waals surface area contributed by atoms with Crippen molar-refractivity contribution in [2.24, 2.45) is 0 Å². The van der Waals surface area contributed by atoms with Crippen LogP contribution in [0, 0.1) is 6.92 Å². The molecule has 0 saturated heterocycles. The molecule has 4 rings (SSSR count). The lowest BCUT2D eigenvalue weighted by Crippen LogP contribution is -2.49. The number of nitrogens with zero attached hydrogens (tertiary/aromatic N) is 2. The van der Waals surface area contributed by atoms with Crippen LogP contribution in [0.5, 0.6) is 0 Å². The van der Waals surface area contributed by atoms with Gasteiger partial charge in [0, 0.05) is 23.0 Å². The lowest BCUT2D eigenvalue weighted by Gasteiger charge is -2.32. The minimum absolute atomic E-state index is 0.170. The number of imidazole rings is 1. The summed E-state index contributed by atoms with van der Waals surface area (Å²) in [5.74, 6) is -1.20. The molecule has 7 nitrogen and oxygen atoms in total. The van der Waals surface area contributed by atoms with E-state index in [1.807, 2.05) is 31.2 Å². The number of rotatable bonds is 3. The van der Waals surface area contributed by atoms with Gasteiger partial charge < -0.3 is 20.0 Å². The van der Waals surface area contributed by atoms with E-state index in [4.69, 9.17) is 0 Å². The number of amides is 1. The maximum atomic E-state index is 12.9. The summed E-state index contributed by atoms with van der Waals surface area (Å²) in [6.07, 6.45) is 1.94. The number of benzene rings is 1. The molecule has 25 heavy (non-hydrogen) atoms. The molecule has 0 saturated carbocycles. The molecule has 0 radical (unpaired) electrons. The molecule has 7 heteroatoms. The van der Waals surface area contributed by atoms with Crippen molar-refractivity contribution in [3.05, 3.63) is 53.2 Å². The lowest BCUT2D eigenvalue weighted by atomic mass is 10.0. The highest BCUT2D eigenvalue weighted by Crippen LogP contribution is 2.26. The smallest absolute Gasteiger partial charge is 0.326 e. The van der Waals surface area contributed by atoms with Crippen molar-refractivity contribution in [1.82, 2.24) is 19.9 Å². The summed E-state index contributed by atoms with van der Waals surface area (Å²) in [7, 11) is 0. The van der Waals surface area contributed by atoms with Crippen LogP contribution in [-0.2, 0) is 29.0 Å². The van der Waals surface area contributed by atoms with E-state index in [1.54, 1.807) is 6.33 Å². The second-order valence-electron chi connectivity index (χ2n) is 6.36. The van der Waals surface area contributed by atoms with Gasteiger partial charge in [-0.05, 0) is 18.6 Å². The fourth-order valence-electron chi connectivity index (χ4n) is 3.53. The number of nitrogens with one attached hydrogen (secondary N) is 2. The van der Waals surface area contributed by atoms with Crippen LogP contribution in [0.1, 0.15) is 22.6 Å². The number of carboxylic acid groups (broad SMARTS) is 1. The first-order valence-electron chi connectivity index (χ1n) is 8.14. The number of H-pyrrole nitrogens is 2. The van der Waals surface area contributed by atoms with Gasteiger partial charge in [0.1, 0.15) is 6.04 Å². The molecule has 0 unspecified atom stereocenters. The third kappa shape index (κ3) is 2.57. The summed E-state index contributed by atoms with van der Waals surface area (Å²) >= 11 is 0. The van der Waals surface area contributed by atoms with Crippen LogP contribution in [0.3, 0.4) is 0 Å². The third-order valence-electron chi connectivity index (χ3n) is 4.86. The largest absolute Gasteiger partial charge is 0.480 e. The Morgan fingerprint density at radius 1 is 1.36 bits per heavy atom. The number of carbonyl (C=O) groups is 2. The Labute approximate surface area is 143 Å². The van der Waals surface area contributed by atoms with Crippen molar-refractivity contribution in [2.75, 3.05) is 0 Å². The molecule has 1 aliphatic heterocycles. The summed E-state index contributed by atoms with van der Waals surface area (Å²) in [6, 6.07) is 6.93. The van der Waals surface area contributed by atoms with E-state index in [-0.39, 0.29) is 25.3 Å². The predicted molar refractivity (Wildman–Crippen MR) is 91.0 cm³/mol. The average molecular weight is 338 g/mol. The van der Waals surface area contributed by atoms with E-state index < -0.39 is 12.0 Å². The minimum Gasteiger partial charge on any atom is -0.480 e. The number of para-hydroxylation sites is 1. The molecule has 1 atom stereocenters. The number of hydrogen-bond donors (Lipinski definition) is 3. The van der Waals surface area contributed by atoms with Crippen molar-refractivity contribution in [3.63, 3.8) is 0 Å². The van der Waals surface area contributed by atoms with Crippen molar-refractivity contribution in [1.29, 1.82) is 0 Å². The van der Waals surface area contributed by atoms with Crippen LogP contribution >= 0.6 is 0 Å². The van der Waals surface area contributed by atoms with Gasteiger partial charge in [0.15, 0.2) is 0 Å². The van der Waals surface area contributed by atoms with Gasteiger partial charge in [0.25, 0.3) is 0 Å². The van der Waals surface area contributed by atoms with Crippen molar-refractivity contribution in [3.8, 4) is 0 Å². The zero-order valence-electron chi connectivity index (χ0n) is 13.7. The molecule has 1 aliphatic rings. The molecule has 1 aromatic carbocycles. The molecule has 128 valence electrons. The Hall–Kier alpha value is -3.09. The topological polar surface area (TPSA) is 102 Å². The van der Waals surface area contributed by atoms with Gasteiger partial charge in [-0.25, -0.2) is 9.78 Å². The van der Waals surface area contributed by atoms with Gasteiger partial charge >= 0.3 is 5.97 Å². The van der Waals surface area contributed by atoms with Crippen LogP contribution in [0.4, 0.5) is 0 Å². The average Bonchev–Trinajstić information content (AvgIpc) is 3.17. The quantitative estimate of drug-likeness (QED) is 0.677. The van der Waals surface area contributed by atoms with Gasteiger partial charge in [-0.1, -0.05) is 18.2 Å². The fraction of sp³-hybridized carbons (Fsp3) is 0.278. The third-order valence-corrected chi connectivity index (χ3v) is 4.86. The zero-order valence-corrected chi connectivity index (χ0v) is 13.7. The summed E-state index contributed by atoms with van der Waals surface area (Å²) in [4.78, 5) is 36.4. The fourth-order valence-corrected chi connectivity index (χ4v) is 3.53. The highest BCUT2D eigenvalue weighted by atomic mass is 16.4. The van der Waals surface area contributed by atoms with Crippen molar-refractivity contribution >= 4 is 22.8 Å². The highest BCUT2D eigenvalue weighted by molar-refractivity contribution is 5.91. The lowest BCUT2D eigenvalue weighted by molar-refractivity contribution is -0.151.